The minimum absolute atomic E-state index is 0.112. The average Bonchev–Trinajstić information content (AvgIpc) is 3.44. The number of fused-ring (bicyclic) bond motifs is 1. The number of furan rings is 1. The number of thiazole rings is 1. The molecule has 1 unspecified atom stereocenters. The Kier molecular flexibility index (Phi) is 6.22. The van der Waals surface area contributed by atoms with E-state index < -0.39 is 0 Å². The topological polar surface area (TPSA) is 103 Å². The van der Waals surface area contributed by atoms with Crippen LogP contribution in [0.25, 0.3) is 0 Å². The second kappa shape index (κ2) is 9.22. The van der Waals surface area contributed by atoms with Crippen molar-refractivity contribution in [2.24, 2.45) is 5.92 Å². The third-order valence-electron chi connectivity index (χ3n) is 4.77. The molecule has 1 aliphatic heterocycles. The van der Waals surface area contributed by atoms with Crippen LogP contribution in [-0.2, 0) is 11.2 Å². The van der Waals surface area contributed by atoms with Gasteiger partial charge in [0.1, 0.15) is 13.2 Å². The summed E-state index contributed by atoms with van der Waals surface area (Å²) in [5.41, 5.74) is 1.54. The molecule has 2 aromatic heterocycles. The first kappa shape index (κ1) is 20.9. The van der Waals surface area contributed by atoms with Gasteiger partial charge in [-0.25, -0.2) is 4.98 Å². The minimum atomic E-state index is -0.381. The van der Waals surface area contributed by atoms with Crippen molar-refractivity contribution < 1.29 is 23.5 Å². The van der Waals surface area contributed by atoms with Gasteiger partial charge in [0.2, 0.25) is 5.91 Å². The third-order valence-corrected chi connectivity index (χ3v) is 5.57. The van der Waals surface area contributed by atoms with E-state index in [0.29, 0.717) is 29.8 Å². The summed E-state index contributed by atoms with van der Waals surface area (Å²) in [6.45, 7) is 5.14. The highest BCUT2D eigenvalue weighted by molar-refractivity contribution is 7.14. The van der Waals surface area contributed by atoms with Crippen LogP contribution >= 0.6 is 11.3 Å². The fraction of sp³-hybridized carbons (Fsp3) is 0.318. The second-order valence-corrected chi connectivity index (χ2v) is 8.30. The summed E-state index contributed by atoms with van der Waals surface area (Å²) in [4.78, 5) is 29.1. The number of ether oxygens (including phenoxy) is 2. The molecule has 9 heteroatoms. The van der Waals surface area contributed by atoms with Gasteiger partial charge in [-0.2, -0.15) is 0 Å². The lowest BCUT2D eigenvalue weighted by atomic mass is 9.95. The Morgan fingerprint density at radius 1 is 1.16 bits per heavy atom. The normalized spacial score (nSPS) is 13.6. The van der Waals surface area contributed by atoms with Crippen LogP contribution in [0.4, 0.5) is 5.13 Å². The molecule has 162 valence electrons. The molecule has 4 rings (SSSR count). The van der Waals surface area contributed by atoms with Crippen LogP contribution in [0.3, 0.4) is 0 Å². The van der Waals surface area contributed by atoms with E-state index in [1.54, 1.807) is 17.5 Å². The molecule has 0 spiro atoms. The van der Waals surface area contributed by atoms with Gasteiger partial charge >= 0.3 is 0 Å². The van der Waals surface area contributed by atoms with Crippen LogP contribution < -0.4 is 20.1 Å². The summed E-state index contributed by atoms with van der Waals surface area (Å²) in [5, 5.41) is 7.93. The Morgan fingerprint density at radius 3 is 2.71 bits per heavy atom. The zero-order chi connectivity index (χ0) is 21.8. The molecule has 31 heavy (non-hydrogen) atoms. The summed E-state index contributed by atoms with van der Waals surface area (Å²) in [6, 6.07) is 8.77. The van der Waals surface area contributed by atoms with E-state index in [0.717, 1.165) is 11.3 Å². The molecule has 8 nitrogen and oxygen atoms in total. The molecule has 0 saturated heterocycles. The zero-order valence-electron chi connectivity index (χ0n) is 17.2. The molecule has 2 N–H and O–H groups in total. The molecule has 3 heterocycles. The van der Waals surface area contributed by atoms with E-state index >= 15 is 0 Å². The maximum atomic E-state index is 12.7. The summed E-state index contributed by atoms with van der Waals surface area (Å²) in [6.07, 6.45) is 1.54. The largest absolute Gasteiger partial charge is 0.486 e. The summed E-state index contributed by atoms with van der Waals surface area (Å²) >= 11 is 1.26. The number of hydrogen-bond donors (Lipinski definition) is 2. The fourth-order valence-corrected chi connectivity index (χ4v) is 3.99. The molecular formula is C22H23N3O5S. The minimum Gasteiger partial charge on any atom is -0.486 e. The van der Waals surface area contributed by atoms with E-state index in [4.69, 9.17) is 13.9 Å². The summed E-state index contributed by atoms with van der Waals surface area (Å²) in [7, 11) is 0. The highest BCUT2D eigenvalue weighted by Gasteiger charge is 2.22. The lowest BCUT2D eigenvalue weighted by Crippen LogP contribution is -2.33. The number of carbonyl (C=O) groups is 2. The monoisotopic (exact) mass is 441 g/mol. The zero-order valence-corrected chi connectivity index (χ0v) is 18.0. The Balaban J connectivity index is 1.39. The summed E-state index contributed by atoms with van der Waals surface area (Å²) < 4.78 is 16.3. The second-order valence-electron chi connectivity index (χ2n) is 7.44. The Bertz CT molecular complexity index is 1060. The van der Waals surface area contributed by atoms with Gasteiger partial charge in [0.15, 0.2) is 22.4 Å². The number of amides is 2. The molecule has 0 aliphatic carbocycles. The Morgan fingerprint density at radius 2 is 1.97 bits per heavy atom. The Labute approximate surface area is 183 Å². The fourth-order valence-electron chi connectivity index (χ4n) is 3.29. The first-order chi connectivity index (χ1) is 15.0. The third kappa shape index (κ3) is 5.05. The molecule has 1 aromatic carbocycles. The van der Waals surface area contributed by atoms with Crippen molar-refractivity contribution in [1.82, 2.24) is 10.3 Å². The quantitative estimate of drug-likeness (QED) is 0.578. The van der Waals surface area contributed by atoms with Gasteiger partial charge in [-0.3, -0.25) is 14.9 Å². The molecule has 1 atom stereocenters. The summed E-state index contributed by atoms with van der Waals surface area (Å²) in [5.74, 6) is 1.26. The molecular weight excluding hydrogens is 418 g/mol. The first-order valence-corrected chi connectivity index (χ1v) is 10.9. The van der Waals surface area contributed by atoms with Crippen LogP contribution in [0.2, 0.25) is 0 Å². The van der Waals surface area contributed by atoms with Crippen molar-refractivity contribution in [3.8, 4) is 11.5 Å². The smallest absolute Gasteiger partial charge is 0.293 e. The predicted octanol–water partition coefficient (Wildman–Crippen LogP) is 3.82. The van der Waals surface area contributed by atoms with Crippen molar-refractivity contribution in [2.45, 2.75) is 26.3 Å². The van der Waals surface area contributed by atoms with Gasteiger partial charge in [-0.15, -0.1) is 11.3 Å². The molecule has 1 aliphatic rings. The maximum absolute atomic E-state index is 12.7. The van der Waals surface area contributed by atoms with Gasteiger partial charge in [0.25, 0.3) is 5.91 Å². The van der Waals surface area contributed by atoms with Gasteiger partial charge in [0.05, 0.1) is 24.4 Å². The van der Waals surface area contributed by atoms with Crippen LogP contribution in [0.5, 0.6) is 11.5 Å². The van der Waals surface area contributed by atoms with E-state index in [9.17, 15) is 9.59 Å². The maximum Gasteiger partial charge on any atom is 0.293 e. The van der Waals surface area contributed by atoms with Gasteiger partial charge in [0, 0.05) is 5.38 Å². The number of benzene rings is 1. The van der Waals surface area contributed by atoms with Crippen molar-refractivity contribution in [3.63, 3.8) is 0 Å². The number of hydrogen-bond acceptors (Lipinski definition) is 7. The molecule has 0 fully saturated rings. The standard InChI is InChI=1S/C22H23N3O5S/c1-13(2)20(14-5-6-16-18(10-14)30-9-8-29-16)24-19(26)11-15-12-31-22(23-15)25-21(27)17-4-3-7-28-17/h3-7,10,12-13,20H,8-9,11H2,1-2H3,(H,24,26)(H,23,25,27). The van der Waals surface area contributed by atoms with Gasteiger partial charge in [-0.05, 0) is 35.7 Å². The van der Waals surface area contributed by atoms with E-state index in [1.165, 1.54) is 17.6 Å². The van der Waals surface area contributed by atoms with Crippen LogP contribution in [0, 0.1) is 5.92 Å². The highest BCUT2D eigenvalue weighted by atomic mass is 32.1. The molecule has 2 amide bonds. The molecule has 0 radical (unpaired) electrons. The van der Waals surface area contributed by atoms with Crippen molar-refractivity contribution in [3.05, 3.63) is 59.0 Å². The number of rotatable bonds is 7. The van der Waals surface area contributed by atoms with Crippen molar-refractivity contribution in [1.29, 1.82) is 0 Å². The molecule has 0 saturated carbocycles. The SMILES string of the molecule is CC(C)C(NC(=O)Cc1csc(NC(=O)c2ccco2)n1)c1ccc2c(c1)OCCO2. The number of nitrogens with one attached hydrogen (secondary N) is 2. The molecule has 3 aromatic rings. The van der Waals surface area contributed by atoms with E-state index in [-0.39, 0.29) is 36.0 Å². The van der Waals surface area contributed by atoms with Crippen LogP contribution in [0.15, 0.2) is 46.4 Å². The Hall–Kier alpha value is -3.33. The number of carbonyl (C=O) groups excluding carboxylic acids is 2. The van der Waals surface area contributed by atoms with Gasteiger partial charge < -0.3 is 19.2 Å². The van der Waals surface area contributed by atoms with E-state index in [1.807, 2.05) is 32.0 Å². The number of nitrogens with zero attached hydrogens (tertiary/aromatic N) is 1. The van der Waals surface area contributed by atoms with Crippen molar-refractivity contribution >= 4 is 28.3 Å². The number of anilines is 1. The lowest BCUT2D eigenvalue weighted by molar-refractivity contribution is -0.121. The van der Waals surface area contributed by atoms with Crippen LogP contribution in [-0.4, -0.2) is 30.0 Å². The highest BCUT2D eigenvalue weighted by Crippen LogP contribution is 2.34. The number of aromatic nitrogens is 1. The average molecular weight is 442 g/mol. The molecule has 0 bridgehead atoms. The van der Waals surface area contributed by atoms with Gasteiger partial charge in [-0.1, -0.05) is 19.9 Å². The predicted molar refractivity (Wildman–Crippen MR) is 116 cm³/mol. The van der Waals surface area contributed by atoms with Crippen LogP contribution in [0.1, 0.15) is 41.7 Å². The lowest BCUT2D eigenvalue weighted by Gasteiger charge is -2.25. The van der Waals surface area contributed by atoms with Crippen molar-refractivity contribution in [2.75, 3.05) is 18.5 Å². The first-order valence-electron chi connectivity index (χ1n) is 9.98. The van der Waals surface area contributed by atoms with E-state index in [2.05, 4.69) is 15.6 Å².